The van der Waals surface area contributed by atoms with E-state index in [0.29, 0.717) is 0 Å². The molecule has 0 bridgehead atoms. The highest BCUT2D eigenvalue weighted by atomic mass is 32.2. The molecule has 19 nitrogen and oxygen atoms in total. The summed E-state index contributed by atoms with van der Waals surface area (Å²) in [6.45, 7) is 0. The fraction of sp³-hybridized carbons (Fsp3) is 0. The van der Waals surface area contributed by atoms with Crippen molar-refractivity contribution in [2.75, 3.05) is 10.6 Å². The summed E-state index contributed by atoms with van der Waals surface area (Å²) in [6, 6.07) is 19.1. The van der Waals surface area contributed by atoms with Crippen molar-refractivity contribution in [2.24, 2.45) is 20.5 Å². The Bertz CT molecular complexity index is 2700. The van der Waals surface area contributed by atoms with Gasteiger partial charge in [0.1, 0.15) is 21.2 Å². The fourth-order valence-electron chi connectivity index (χ4n) is 5.30. The lowest BCUT2D eigenvalue weighted by Gasteiger charge is -2.13. The summed E-state index contributed by atoms with van der Waals surface area (Å²) in [5.74, 6) is -3.73. The minimum absolute atomic E-state index is 0.0403. The van der Waals surface area contributed by atoms with E-state index in [1.165, 1.54) is 84.9 Å². The Hall–Kier alpha value is -7.33. The highest BCUT2D eigenvalue weighted by Gasteiger charge is 2.24. The third-order valence-corrected chi connectivity index (χ3v) is 9.67. The van der Waals surface area contributed by atoms with E-state index in [1.807, 2.05) is 0 Å². The molecule has 2 amide bonds. The molecule has 0 aliphatic heterocycles. The van der Waals surface area contributed by atoms with Crippen LogP contribution in [0.25, 0.3) is 21.5 Å². The number of carboxylic acid groups (broad SMARTS) is 2. The molecular weight excluding hydrogens is 777 g/mol. The lowest BCUT2D eigenvalue weighted by Crippen LogP contribution is -2.19. The number of benzene rings is 6. The van der Waals surface area contributed by atoms with Gasteiger partial charge in [0.05, 0.1) is 22.5 Å². The normalized spacial score (nSPS) is 12.0. The lowest BCUT2D eigenvalue weighted by atomic mass is 10.1. The second-order valence-corrected chi connectivity index (χ2v) is 14.4. The van der Waals surface area contributed by atoms with Crippen LogP contribution in [-0.4, -0.2) is 64.3 Å². The van der Waals surface area contributed by atoms with Gasteiger partial charge >= 0.3 is 18.0 Å². The molecule has 0 heterocycles. The molecule has 0 atom stereocenters. The molecule has 0 radical (unpaired) electrons. The first kappa shape index (κ1) is 38.4. The van der Waals surface area contributed by atoms with E-state index in [-0.39, 0.29) is 55.4 Å². The summed E-state index contributed by atoms with van der Waals surface area (Å²) < 4.78 is 69.0. The molecule has 8 N–H and O–H groups in total. The fourth-order valence-corrected chi connectivity index (χ4v) is 6.61. The number of aromatic carboxylic acids is 2. The zero-order valence-electron chi connectivity index (χ0n) is 27.9. The van der Waals surface area contributed by atoms with Crippen molar-refractivity contribution < 1.29 is 60.8 Å². The molecule has 0 aliphatic carbocycles. The number of nitrogens with zero attached hydrogens (tertiary/aromatic N) is 4. The Morgan fingerprint density at radius 2 is 0.857 bits per heavy atom. The van der Waals surface area contributed by atoms with E-state index in [2.05, 4.69) is 31.1 Å². The topological polar surface area (TPSA) is 314 Å². The van der Waals surface area contributed by atoms with E-state index in [0.717, 1.165) is 12.1 Å². The standard InChI is InChI=1S/C35H24N6O13S2/c42-31-25-11-9-23(13-19(25)15-27(55(49,50)51)29(31)40-38-21-5-1-17(2-6-21)33(44)45)36-35(48)37-24-10-12-26-20(14-24)16-28(56(52,53)54)30(32(26)43)41-39-22-7-3-18(4-8-22)34(46)47/h1-16,42-43H,(H,44,45)(H,46,47)(H2,36,37,48)(H,49,50,51)(H,52,53,54). The van der Waals surface area contributed by atoms with E-state index in [9.17, 15) is 50.5 Å². The van der Waals surface area contributed by atoms with Crippen molar-refractivity contribution in [3.8, 4) is 11.5 Å². The summed E-state index contributed by atoms with van der Waals surface area (Å²) in [5, 5.41) is 60.5. The maximum atomic E-state index is 13.0. The van der Waals surface area contributed by atoms with Gasteiger partial charge in [-0.05, 0) is 108 Å². The van der Waals surface area contributed by atoms with Crippen LogP contribution in [0.4, 0.5) is 38.9 Å². The zero-order valence-corrected chi connectivity index (χ0v) is 29.5. The van der Waals surface area contributed by atoms with Crippen molar-refractivity contribution in [3.63, 3.8) is 0 Å². The smallest absolute Gasteiger partial charge is 0.335 e. The predicted molar refractivity (Wildman–Crippen MR) is 199 cm³/mol. The molecule has 284 valence electrons. The van der Waals surface area contributed by atoms with Gasteiger partial charge in [0, 0.05) is 22.1 Å². The maximum absolute atomic E-state index is 13.0. The van der Waals surface area contributed by atoms with Crippen LogP contribution in [0.5, 0.6) is 11.5 Å². The highest BCUT2D eigenvalue weighted by molar-refractivity contribution is 7.86. The maximum Gasteiger partial charge on any atom is 0.335 e. The van der Waals surface area contributed by atoms with Crippen LogP contribution >= 0.6 is 0 Å². The van der Waals surface area contributed by atoms with Crippen molar-refractivity contribution in [1.82, 2.24) is 0 Å². The minimum Gasteiger partial charge on any atom is -0.505 e. The number of carboxylic acids is 2. The van der Waals surface area contributed by atoms with Gasteiger partial charge in [-0.25, -0.2) is 14.4 Å². The molecule has 0 aliphatic rings. The van der Waals surface area contributed by atoms with Crippen LogP contribution in [0.3, 0.4) is 0 Å². The average molecular weight is 801 g/mol. The van der Waals surface area contributed by atoms with E-state index in [4.69, 9.17) is 10.2 Å². The van der Waals surface area contributed by atoms with Gasteiger partial charge in [-0.15, -0.1) is 10.2 Å². The summed E-state index contributed by atoms with van der Waals surface area (Å²) >= 11 is 0. The summed E-state index contributed by atoms with van der Waals surface area (Å²) in [5.41, 5.74) is -0.905. The largest absolute Gasteiger partial charge is 0.505 e. The summed E-state index contributed by atoms with van der Waals surface area (Å²) in [6.07, 6.45) is 0. The van der Waals surface area contributed by atoms with Gasteiger partial charge in [-0.2, -0.15) is 27.1 Å². The van der Waals surface area contributed by atoms with E-state index < -0.39 is 70.9 Å². The number of phenols is 2. The first-order valence-corrected chi connectivity index (χ1v) is 18.4. The number of carbonyl (C=O) groups excluding carboxylic acids is 1. The number of urea groups is 1. The van der Waals surface area contributed by atoms with Gasteiger partial charge in [0.2, 0.25) is 0 Å². The number of nitrogens with one attached hydrogen (secondary N) is 2. The molecule has 0 aromatic heterocycles. The van der Waals surface area contributed by atoms with Gasteiger partial charge in [0.15, 0.2) is 11.5 Å². The first-order chi connectivity index (χ1) is 26.4. The second kappa shape index (κ2) is 14.8. The number of fused-ring (bicyclic) bond motifs is 2. The zero-order chi connectivity index (χ0) is 40.5. The Kier molecular flexibility index (Phi) is 10.2. The molecule has 6 aromatic rings. The van der Waals surface area contributed by atoms with Crippen LogP contribution in [0.2, 0.25) is 0 Å². The molecule has 6 aromatic carbocycles. The van der Waals surface area contributed by atoms with Crippen LogP contribution < -0.4 is 10.6 Å². The van der Waals surface area contributed by atoms with Gasteiger partial charge < -0.3 is 31.1 Å². The van der Waals surface area contributed by atoms with Crippen molar-refractivity contribution in [2.45, 2.75) is 9.79 Å². The molecule has 0 fully saturated rings. The molecular formula is C35H24N6O13S2. The molecule has 21 heteroatoms. The number of hydrogen-bond acceptors (Lipinski definition) is 13. The number of aromatic hydroxyl groups is 2. The van der Waals surface area contributed by atoms with E-state index >= 15 is 0 Å². The van der Waals surface area contributed by atoms with Crippen molar-refractivity contribution in [1.29, 1.82) is 0 Å². The highest BCUT2D eigenvalue weighted by Crippen LogP contribution is 2.43. The van der Waals surface area contributed by atoms with Crippen LogP contribution in [0.15, 0.2) is 127 Å². The Morgan fingerprint density at radius 1 is 0.500 bits per heavy atom. The van der Waals surface area contributed by atoms with Crippen LogP contribution in [0.1, 0.15) is 20.7 Å². The monoisotopic (exact) mass is 800 g/mol. The second-order valence-electron chi connectivity index (χ2n) is 11.6. The predicted octanol–water partition coefficient (Wildman–Crippen LogP) is 7.77. The molecule has 0 saturated heterocycles. The van der Waals surface area contributed by atoms with E-state index in [1.54, 1.807) is 0 Å². The number of azo groups is 2. The van der Waals surface area contributed by atoms with Crippen LogP contribution in [-0.2, 0) is 20.2 Å². The van der Waals surface area contributed by atoms with Crippen molar-refractivity contribution >= 4 is 93.9 Å². The molecule has 6 rings (SSSR count). The van der Waals surface area contributed by atoms with Crippen molar-refractivity contribution in [3.05, 3.63) is 108 Å². The number of hydrogen-bond donors (Lipinski definition) is 8. The molecule has 0 saturated carbocycles. The number of carbonyl (C=O) groups is 3. The third-order valence-electron chi connectivity index (χ3n) is 7.93. The average Bonchev–Trinajstić information content (AvgIpc) is 3.13. The number of phenolic OH excluding ortho intramolecular Hbond substituents is 2. The lowest BCUT2D eigenvalue weighted by molar-refractivity contribution is 0.0686. The molecule has 56 heavy (non-hydrogen) atoms. The minimum atomic E-state index is -4.99. The molecule has 0 unspecified atom stereocenters. The molecule has 0 spiro atoms. The van der Waals surface area contributed by atoms with Gasteiger partial charge in [-0.1, -0.05) is 0 Å². The number of anilines is 2. The first-order valence-electron chi connectivity index (χ1n) is 15.5. The van der Waals surface area contributed by atoms with Crippen LogP contribution in [0, 0.1) is 0 Å². The Labute approximate surface area is 314 Å². The Morgan fingerprint density at radius 3 is 1.18 bits per heavy atom. The van der Waals surface area contributed by atoms with Gasteiger partial charge in [-0.3, -0.25) is 9.11 Å². The van der Waals surface area contributed by atoms with Gasteiger partial charge in [0.25, 0.3) is 20.2 Å². The number of rotatable bonds is 10. The summed E-state index contributed by atoms with van der Waals surface area (Å²) in [4.78, 5) is 33.5. The summed E-state index contributed by atoms with van der Waals surface area (Å²) in [7, 11) is -9.99. The third kappa shape index (κ3) is 8.24. The SMILES string of the molecule is O=C(Nc1ccc2c(O)c(N=Nc3ccc(C(=O)O)cc3)c(S(=O)(=O)O)cc2c1)Nc1ccc2c(O)c(N=Nc3ccc(C(=O)O)cc3)c(S(=O)(=O)O)cc2c1. The number of amides is 2. The Balaban J connectivity index is 1.25. The quantitative estimate of drug-likeness (QED) is 0.0485.